The summed E-state index contributed by atoms with van der Waals surface area (Å²) in [5, 5.41) is 0.286. The highest BCUT2D eigenvalue weighted by Gasteiger charge is 2.48. The summed E-state index contributed by atoms with van der Waals surface area (Å²) in [5.74, 6) is -8.14. The topological polar surface area (TPSA) is 94.5 Å². The average Bonchev–Trinajstić information content (AvgIpc) is 2.94. The molecule has 1 atom stereocenters. The number of halogens is 5. The number of hydrogen-bond donors (Lipinski definition) is 0. The summed E-state index contributed by atoms with van der Waals surface area (Å²) in [6.45, 7) is -0.932. The molecule has 4 aromatic rings. The fourth-order valence-electron chi connectivity index (χ4n) is 4.24. The van der Waals surface area contributed by atoms with Gasteiger partial charge in [-0.3, -0.25) is 4.79 Å². The second-order valence-corrected chi connectivity index (χ2v) is 8.91. The molecule has 0 aliphatic carbocycles. The van der Waals surface area contributed by atoms with Crippen molar-refractivity contribution in [2.45, 2.75) is 24.6 Å². The van der Waals surface area contributed by atoms with Gasteiger partial charge in [0.1, 0.15) is 6.33 Å². The van der Waals surface area contributed by atoms with Crippen LogP contribution < -0.4 is 9.47 Å². The first-order chi connectivity index (χ1) is 19.0. The summed E-state index contributed by atoms with van der Waals surface area (Å²) in [5.41, 5.74) is 1.44. The fourth-order valence-corrected chi connectivity index (χ4v) is 4.24. The van der Waals surface area contributed by atoms with Crippen LogP contribution in [0.25, 0.3) is 22.0 Å². The lowest BCUT2D eigenvalue weighted by molar-refractivity contribution is -0.190. The number of pyridine rings is 1. The van der Waals surface area contributed by atoms with Gasteiger partial charge in [0.15, 0.2) is 11.9 Å². The van der Waals surface area contributed by atoms with Crippen LogP contribution in [0.2, 0.25) is 0 Å². The van der Waals surface area contributed by atoms with Crippen molar-refractivity contribution in [3.8, 4) is 22.8 Å². The smallest absolute Gasteiger partial charge is 0.463 e. The number of fused-ring (bicyclic) bond motifs is 1. The van der Waals surface area contributed by atoms with E-state index in [4.69, 9.17) is 4.74 Å². The van der Waals surface area contributed by atoms with Crippen molar-refractivity contribution in [1.82, 2.24) is 19.9 Å². The Morgan fingerprint density at radius 3 is 2.45 bits per heavy atom. The molecule has 1 aliphatic rings. The molecule has 1 aliphatic heterocycles. The lowest BCUT2D eigenvalue weighted by Crippen LogP contribution is -2.55. The number of esters is 1. The number of piperidine rings is 1. The van der Waals surface area contributed by atoms with Gasteiger partial charge in [0.05, 0.1) is 12.1 Å². The predicted octanol–water partition coefficient (Wildman–Crippen LogP) is 5.09. The molecule has 0 radical (unpaired) electrons. The van der Waals surface area contributed by atoms with Gasteiger partial charge < -0.3 is 14.4 Å². The predicted molar refractivity (Wildman–Crippen MR) is 131 cm³/mol. The van der Waals surface area contributed by atoms with Gasteiger partial charge in [0.25, 0.3) is 17.7 Å². The molecule has 0 unspecified atom stereocenters. The summed E-state index contributed by atoms with van der Waals surface area (Å²) in [4.78, 5) is 38.1. The summed E-state index contributed by atoms with van der Waals surface area (Å²) >= 11 is 0. The van der Waals surface area contributed by atoms with Crippen molar-refractivity contribution < 1.29 is 41.0 Å². The minimum Gasteiger partial charge on any atom is -0.463 e. The Balaban J connectivity index is 1.45. The van der Waals surface area contributed by atoms with E-state index < -0.39 is 54.7 Å². The number of alkyl halides is 5. The molecule has 0 bridgehead atoms. The molecule has 1 fully saturated rings. The third kappa shape index (κ3) is 5.53. The van der Waals surface area contributed by atoms with E-state index in [1.165, 1.54) is 36.9 Å². The molecule has 40 heavy (non-hydrogen) atoms. The third-order valence-electron chi connectivity index (χ3n) is 6.23. The number of rotatable bonds is 5. The maximum Gasteiger partial charge on any atom is 0.491 e. The van der Waals surface area contributed by atoms with Crippen molar-refractivity contribution in [3.05, 3.63) is 78.9 Å². The number of para-hydroxylation sites is 1. The lowest BCUT2D eigenvalue weighted by Gasteiger charge is -2.38. The van der Waals surface area contributed by atoms with E-state index in [1.807, 2.05) is 0 Å². The molecule has 1 saturated heterocycles. The fraction of sp³-hybridized carbons (Fsp3) is 0.222. The maximum absolute atomic E-state index is 15.0. The zero-order valence-corrected chi connectivity index (χ0v) is 20.4. The van der Waals surface area contributed by atoms with Gasteiger partial charge >= 0.3 is 12.1 Å². The minimum absolute atomic E-state index is 0.204. The van der Waals surface area contributed by atoms with Crippen LogP contribution in [0.5, 0.6) is 11.6 Å². The van der Waals surface area contributed by atoms with Crippen molar-refractivity contribution >= 4 is 22.8 Å². The molecule has 2 aromatic heterocycles. The van der Waals surface area contributed by atoms with Crippen LogP contribution in [0.15, 0.2) is 73.3 Å². The van der Waals surface area contributed by atoms with Crippen LogP contribution in [0.3, 0.4) is 0 Å². The number of aromatic nitrogens is 3. The average molecular weight is 558 g/mol. The third-order valence-corrected chi connectivity index (χ3v) is 6.23. The summed E-state index contributed by atoms with van der Waals surface area (Å²) < 4.78 is 78.7. The first-order valence-electron chi connectivity index (χ1n) is 11.9. The van der Waals surface area contributed by atoms with Crippen LogP contribution in [0.4, 0.5) is 22.0 Å². The number of benzene rings is 2. The molecule has 206 valence electrons. The molecule has 1 amide bonds. The number of carbonyl (C=O) groups is 2. The Morgan fingerprint density at radius 2 is 1.70 bits per heavy atom. The Bertz CT molecular complexity index is 1570. The molecule has 5 rings (SSSR count). The molecule has 0 spiro atoms. The van der Waals surface area contributed by atoms with Crippen molar-refractivity contribution in [3.63, 3.8) is 0 Å². The molecule has 2 aromatic carbocycles. The largest absolute Gasteiger partial charge is 0.491 e. The van der Waals surface area contributed by atoms with Crippen LogP contribution in [-0.2, 0) is 4.79 Å². The Kier molecular flexibility index (Phi) is 7.04. The Morgan fingerprint density at radius 1 is 1.00 bits per heavy atom. The standard InChI is InChI=1S/C27H19F5N4O4/c28-26(29)9-10-36(24(37)19-7-3-2-6-18(19)17-12-33-15-34-13-17)14-22(26)40-23-21(39-25(38)27(30,31)32)11-16-5-1-4-8-20(16)35-23/h1-8,11-13,15,22H,9-10,14H2/t22-/m0/s1. The van der Waals surface area contributed by atoms with E-state index >= 15 is 8.78 Å². The zero-order valence-electron chi connectivity index (χ0n) is 20.4. The van der Waals surface area contributed by atoms with Crippen molar-refractivity contribution in [1.29, 1.82) is 0 Å². The highest BCUT2D eigenvalue weighted by atomic mass is 19.4. The molecule has 3 heterocycles. The molecule has 0 N–H and O–H groups in total. The number of amides is 1. The van der Waals surface area contributed by atoms with Crippen LogP contribution >= 0.6 is 0 Å². The minimum atomic E-state index is -5.35. The van der Waals surface area contributed by atoms with Gasteiger partial charge in [-0.15, -0.1) is 0 Å². The van der Waals surface area contributed by atoms with Crippen molar-refractivity contribution in [2.75, 3.05) is 13.1 Å². The Labute approximate surface area is 223 Å². The highest BCUT2D eigenvalue weighted by molar-refractivity contribution is 6.00. The number of hydrogen-bond acceptors (Lipinski definition) is 7. The summed E-state index contributed by atoms with van der Waals surface area (Å²) in [6.07, 6.45) is -3.81. The highest BCUT2D eigenvalue weighted by Crippen LogP contribution is 2.37. The first-order valence-corrected chi connectivity index (χ1v) is 11.9. The Hall–Kier alpha value is -4.68. The van der Waals surface area contributed by atoms with E-state index in [9.17, 15) is 22.8 Å². The number of nitrogens with zero attached hydrogens (tertiary/aromatic N) is 4. The van der Waals surface area contributed by atoms with Crippen molar-refractivity contribution in [2.24, 2.45) is 0 Å². The molecular formula is C27H19F5N4O4. The van der Waals surface area contributed by atoms with E-state index in [-0.39, 0.29) is 23.0 Å². The second kappa shape index (κ2) is 10.5. The molecule has 8 nitrogen and oxygen atoms in total. The number of likely N-dealkylation sites (tertiary alicyclic amines) is 1. The normalized spacial score (nSPS) is 16.9. The van der Waals surface area contributed by atoms with Crippen LogP contribution in [0, 0.1) is 0 Å². The van der Waals surface area contributed by atoms with Crippen LogP contribution in [-0.4, -0.2) is 63.0 Å². The molecule has 0 saturated carbocycles. The zero-order chi connectivity index (χ0) is 28.5. The van der Waals surface area contributed by atoms with Gasteiger partial charge in [-0.1, -0.05) is 36.4 Å². The van der Waals surface area contributed by atoms with Gasteiger partial charge in [-0.2, -0.15) is 13.2 Å². The first kappa shape index (κ1) is 26.9. The van der Waals surface area contributed by atoms with Gasteiger partial charge in [-0.25, -0.2) is 28.5 Å². The van der Waals surface area contributed by atoms with E-state index in [0.717, 1.165) is 11.0 Å². The van der Waals surface area contributed by atoms with E-state index in [2.05, 4.69) is 19.7 Å². The monoisotopic (exact) mass is 558 g/mol. The quantitative estimate of drug-likeness (QED) is 0.249. The SMILES string of the molecule is O=C(c1ccccc1-c1cncnc1)N1CCC(F)(F)[C@@H](Oc2nc3ccccc3cc2OC(=O)C(F)(F)F)C1. The lowest BCUT2D eigenvalue weighted by atomic mass is 9.98. The maximum atomic E-state index is 15.0. The van der Waals surface area contributed by atoms with Gasteiger partial charge in [-0.05, 0) is 23.8 Å². The number of carbonyl (C=O) groups excluding carboxylic acids is 2. The van der Waals surface area contributed by atoms with E-state index in [0.29, 0.717) is 11.1 Å². The molecule has 13 heteroatoms. The second-order valence-electron chi connectivity index (χ2n) is 8.91. The summed E-state index contributed by atoms with van der Waals surface area (Å²) in [7, 11) is 0. The summed E-state index contributed by atoms with van der Waals surface area (Å²) in [6, 6.07) is 13.7. The van der Waals surface area contributed by atoms with Gasteiger partial charge in [0.2, 0.25) is 0 Å². The van der Waals surface area contributed by atoms with Crippen LogP contribution in [0.1, 0.15) is 16.8 Å². The number of ether oxygens (including phenoxy) is 2. The van der Waals surface area contributed by atoms with Gasteiger partial charge in [0, 0.05) is 41.9 Å². The molecular weight excluding hydrogens is 539 g/mol. The van der Waals surface area contributed by atoms with E-state index in [1.54, 1.807) is 30.3 Å².